The van der Waals surface area contributed by atoms with Crippen molar-refractivity contribution < 1.29 is 18.7 Å². The number of rotatable bonds is 5. The second-order valence-electron chi connectivity index (χ2n) is 6.41. The number of hydrogen-bond donors (Lipinski definition) is 1. The van der Waals surface area contributed by atoms with Crippen LogP contribution < -0.4 is 10.2 Å². The quantitative estimate of drug-likeness (QED) is 0.834. The van der Waals surface area contributed by atoms with E-state index in [0.717, 1.165) is 25.6 Å². The number of benzene rings is 2. The van der Waals surface area contributed by atoms with Gasteiger partial charge >= 0.3 is 5.97 Å². The molecular weight excluding hydrogens is 335 g/mol. The number of nitrogens with one attached hydrogen (secondary N) is 1. The molecule has 5 nitrogen and oxygen atoms in total. The van der Waals surface area contributed by atoms with Gasteiger partial charge in [0.15, 0.2) is 0 Å². The van der Waals surface area contributed by atoms with Gasteiger partial charge in [-0.25, -0.2) is 9.18 Å². The minimum atomic E-state index is -0.592. The number of nitrogens with zero attached hydrogens (tertiary/aromatic N) is 1. The van der Waals surface area contributed by atoms with E-state index < -0.39 is 17.7 Å². The van der Waals surface area contributed by atoms with E-state index in [4.69, 9.17) is 4.74 Å². The van der Waals surface area contributed by atoms with Crippen molar-refractivity contribution in [1.82, 2.24) is 0 Å². The Morgan fingerprint density at radius 1 is 1.23 bits per heavy atom. The van der Waals surface area contributed by atoms with Crippen molar-refractivity contribution in [2.75, 3.05) is 29.9 Å². The molecule has 1 heterocycles. The molecule has 0 aliphatic carbocycles. The highest BCUT2D eigenvalue weighted by Crippen LogP contribution is 2.24. The summed E-state index contributed by atoms with van der Waals surface area (Å²) in [5.41, 5.74) is 1.36. The molecule has 1 N–H and O–H groups in total. The van der Waals surface area contributed by atoms with Crippen LogP contribution in [0.4, 0.5) is 15.8 Å². The van der Waals surface area contributed by atoms with E-state index in [1.54, 1.807) is 0 Å². The zero-order valence-electron chi connectivity index (χ0n) is 14.6. The second kappa shape index (κ2) is 7.99. The lowest BCUT2D eigenvalue weighted by atomic mass is 10.1. The number of anilines is 2. The van der Waals surface area contributed by atoms with Crippen molar-refractivity contribution in [3.8, 4) is 0 Å². The largest absolute Gasteiger partial charge is 0.462 e. The van der Waals surface area contributed by atoms with Gasteiger partial charge in [-0.1, -0.05) is 18.2 Å². The standard InChI is InChI=1S/C20H21FN2O3/c1-14(24)22-19-11-16(7-8-18(19)21)20(25)26-13-15-9-10-23(12-15)17-5-3-2-4-6-17/h2-8,11,15H,9-10,12-13H2,1H3,(H,22,24). The average Bonchev–Trinajstić information content (AvgIpc) is 3.11. The van der Waals surface area contributed by atoms with Crippen LogP contribution in [0, 0.1) is 11.7 Å². The number of amides is 1. The van der Waals surface area contributed by atoms with Crippen molar-refractivity contribution in [3.05, 3.63) is 59.9 Å². The molecule has 0 saturated carbocycles. The molecule has 1 aliphatic heterocycles. The van der Waals surface area contributed by atoms with E-state index in [9.17, 15) is 14.0 Å². The predicted octanol–water partition coefficient (Wildman–Crippen LogP) is 3.47. The van der Waals surface area contributed by atoms with E-state index in [0.29, 0.717) is 6.61 Å². The molecule has 26 heavy (non-hydrogen) atoms. The first kappa shape index (κ1) is 17.9. The Hall–Kier alpha value is -2.89. The van der Waals surface area contributed by atoms with Gasteiger partial charge in [0, 0.05) is 31.6 Å². The molecule has 1 aliphatic rings. The molecule has 1 amide bonds. The Labute approximate surface area is 151 Å². The highest BCUT2D eigenvalue weighted by molar-refractivity contribution is 5.93. The molecule has 2 aromatic rings. The van der Waals surface area contributed by atoms with Crippen LogP contribution in [0.15, 0.2) is 48.5 Å². The minimum Gasteiger partial charge on any atom is -0.462 e. The molecule has 0 aromatic heterocycles. The lowest BCUT2D eigenvalue weighted by Gasteiger charge is -2.18. The molecule has 0 bridgehead atoms. The number of carbonyl (C=O) groups excluding carboxylic acids is 2. The van der Waals surface area contributed by atoms with Gasteiger partial charge in [-0.3, -0.25) is 4.79 Å². The van der Waals surface area contributed by atoms with E-state index in [2.05, 4.69) is 22.3 Å². The van der Waals surface area contributed by atoms with Crippen LogP contribution in [0.2, 0.25) is 0 Å². The third-order valence-electron chi connectivity index (χ3n) is 4.37. The minimum absolute atomic E-state index is 0.0249. The van der Waals surface area contributed by atoms with Gasteiger partial charge in [-0.05, 0) is 36.8 Å². The summed E-state index contributed by atoms with van der Waals surface area (Å²) in [6, 6.07) is 13.9. The Kier molecular flexibility index (Phi) is 5.51. The Morgan fingerprint density at radius 2 is 2.00 bits per heavy atom. The molecule has 6 heteroatoms. The van der Waals surface area contributed by atoms with E-state index in [1.807, 2.05) is 18.2 Å². The summed E-state index contributed by atoms with van der Waals surface area (Å²) in [4.78, 5) is 25.6. The highest BCUT2D eigenvalue weighted by Gasteiger charge is 2.24. The molecule has 0 radical (unpaired) electrons. The van der Waals surface area contributed by atoms with Gasteiger partial charge < -0.3 is 15.0 Å². The third-order valence-corrected chi connectivity index (χ3v) is 4.37. The molecule has 2 aromatic carbocycles. The molecule has 1 saturated heterocycles. The number of carbonyl (C=O) groups is 2. The first-order valence-corrected chi connectivity index (χ1v) is 8.57. The summed E-state index contributed by atoms with van der Waals surface area (Å²) < 4.78 is 19.1. The van der Waals surface area contributed by atoms with Crippen molar-refractivity contribution in [1.29, 1.82) is 0 Å². The smallest absolute Gasteiger partial charge is 0.338 e. The fourth-order valence-electron chi connectivity index (χ4n) is 3.06. The summed E-state index contributed by atoms with van der Waals surface area (Å²) in [6.45, 7) is 3.35. The Balaban J connectivity index is 1.55. The van der Waals surface area contributed by atoms with Crippen molar-refractivity contribution in [3.63, 3.8) is 0 Å². The van der Waals surface area contributed by atoms with E-state index >= 15 is 0 Å². The maximum Gasteiger partial charge on any atom is 0.338 e. The Morgan fingerprint density at radius 3 is 2.73 bits per heavy atom. The average molecular weight is 356 g/mol. The highest BCUT2D eigenvalue weighted by atomic mass is 19.1. The number of ether oxygens (including phenoxy) is 1. The summed E-state index contributed by atoms with van der Waals surface area (Å²) in [7, 11) is 0. The molecule has 0 spiro atoms. The fourth-order valence-corrected chi connectivity index (χ4v) is 3.06. The predicted molar refractivity (Wildman–Crippen MR) is 97.7 cm³/mol. The van der Waals surface area contributed by atoms with Crippen LogP contribution in [0.1, 0.15) is 23.7 Å². The zero-order valence-corrected chi connectivity index (χ0v) is 14.6. The van der Waals surface area contributed by atoms with Crippen LogP contribution in [0.3, 0.4) is 0 Å². The topological polar surface area (TPSA) is 58.6 Å². The van der Waals surface area contributed by atoms with E-state index in [1.165, 1.54) is 24.7 Å². The lowest BCUT2D eigenvalue weighted by molar-refractivity contribution is -0.114. The summed E-state index contributed by atoms with van der Waals surface area (Å²) in [6.07, 6.45) is 0.947. The summed E-state index contributed by atoms with van der Waals surface area (Å²) in [5, 5.41) is 2.36. The van der Waals surface area contributed by atoms with Gasteiger partial charge in [0.05, 0.1) is 17.9 Å². The monoisotopic (exact) mass is 356 g/mol. The molecule has 1 atom stereocenters. The molecule has 136 valence electrons. The van der Waals surface area contributed by atoms with Crippen LogP contribution in [-0.4, -0.2) is 31.6 Å². The van der Waals surface area contributed by atoms with Crippen LogP contribution in [-0.2, 0) is 9.53 Å². The lowest BCUT2D eigenvalue weighted by Crippen LogP contribution is -2.22. The normalized spacial score (nSPS) is 16.4. The number of esters is 1. The van der Waals surface area contributed by atoms with Gasteiger partial charge in [-0.15, -0.1) is 0 Å². The van der Waals surface area contributed by atoms with Crippen molar-refractivity contribution in [2.45, 2.75) is 13.3 Å². The molecule has 1 fully saturated rings. The van der Waals surface area contributed by atoms with Gasteiger partial charge in [0.1, 0.15) is 5.82 Å². The van der Waals surface area contributed by atoms with Crippen LogP contribution >= 0.6 is 0 Å². The third kappa shape index (κ3) is 4.39. The molecule has 3 rings (SSSR count). The number of para-hydroxylation sites is 1. The zero-order chi connectivity index (χ0) is 18.5. The Bertz CT molecular complexity index is 795. The van der Waals surface area contributed by atoms with Crippen LogP contribution in [0.25, 0.3) is 0 Å². The van der Waals surface area contributed by atoms with Crippen molar-refractivity contribution in [2.24, 2.45) is 5.92 Å². The van der Waals surface area contributed by atoms with Crippen LogP contribution in [0.5, 0.6) is 0 Å². The number of hydrogen-bond acceptors (Lipinski definition) is 4. The summed E-state index contributed by atoms with van der Waals surface area (Å²) >= 11 is 0. The van der Waals surface area contributed by atoms with Crippen molar-refractivity contribution >= 4 is 23.3 Å². The second-order valence-corrected chi connectivity index (χ2v) is 6.41. The van der Waals surface area contributed by atoms with E-state index in [-0.39, 0.29) is 17.2 Å². The first-order chi connectivity index (χ1) is 12.5. The van der Waals surface area contributed by atoms with Gasteiger partial charge in [0.25, 0.3) is 0 Å². The first-order valence-electron chi connectivity index (χ1n) is 8.57. The molecule has 1 unspecified atom stereocenters. The molecular formula is C20H21FN2O3. The van der Waals surface area contributed by atoms with Gasteiger partial charge in [-0.2, -0.15) is 0 Å². The fraction of sp³-hybridized carbons (Fsp3) is 0.300. The maximum absolute atomic E-state index is 13.7. The number of halogens is 1. The maximum atomic E-state index is 13.7. The summed E-state index contributed by atoms with van der Waals surface area (Å²) in [5.74, 6) is -1.25. The SMILES string of the molecule is CC(=O)Nc1cc(C(=O)OCC2CCN(c3ccccc3)C2)ccc1F. The van der Waals surface area contributed by atoms with Gasteiger partial charge in [0.2, 0.25) is 5.91 Å².